The predicted molar refractivity (Wildman–Crippen MR) is 94.8 cm³/mol. The highest BCUT2D eigenvalue weighted by Crippen LogP contribution is 2.25. The lowest BCUT2D eigenvalue weighted by Crippen LogP contribution is -2.54. The molecule has 7 nitrogen and oxygen atoms in total. The Hall–Kier alpha value is -1.70. The SMILES string of the molecule is COc1ccc(C(C(=O)O)N2CCN(C3CCN(C)CC3)CC2)cn1. The number of piperidine rings is 1. The molecule has 0 amide bonds. The molecule has 0 bridgehead atoms. The van der Waals surface area contributed by atoms with Crippen molar-refractivity contribution in [1.82, 2.24) is 19.7 Å². The lowest BCUT2D eigenvalue weighted by molar-refractivity contribution is -0.144. The van der Waals surface area contributed by atoms with Crippen LogP contribution in [0.2, 0.25) is 0 Å². The van der Waals surface area contributed by atoms with Gasteiger partial charge in [-0.1, -0.05) is 0 Å². The average Bonchev–Trinajstić information content (AvgIpc) is 2.63. The van der Waals surface area contributed by atoms with Gasteiger partial charge in [0.2, 0.25) is 5.88 Å². The van der Waals surface area contributed by atoms with Gasteiger partial charge in [-0.3, -0.25) is 14.6 Å². The van der Waals surface area contributed by atoms with Gasteiger partial charge in [-0.15, -0.1) is 0 Å². The van der Waals surface area contributed by atoms with Crippen molar-refractivity contribution in [2.45, 2.75) is 24.9 Å². The first-order chi connectivity index (χ1) is 12.1. The highest BCUT2D eigenvalue weighted by atomic mass is 16.5. The van der Waals surface area contributed by atoms with Crippen LogP contribution in [0.5, 0.6) is 5.88 Å². The van der Waals surface area contributed by atoms with Crippen molar-refractivity contribution >= 4 is 5.97 Å². The number of hydrogen-bond donors (Lipinski definition) is 1. The molecule has 0 saturated carbocycles. The lowest BCUT2D eigenvalue weighted by atomic mass is 10.0. The van der Waals surface area contributed by atoms with E-state index < -0.39 is 12.0 Å². The minimum atomic E-state index is -0.820. The molecule has 0 aliphatic carbocycles. The van der Waals surface area contributed by atoms with E-state index in [4.69, 9.17) is 4.74 Å². The van der Waals surface area contributed by atoms with Crippen LogP contribution in [-0.4, -0.2) is 90.2 Å². The number of carbonyl (C=O) groups is 1. The van der Waals surface area contributed by atoms with Crippen molar-refractivity contribution in [3.63, 3.8) is 0 Å². The Morgan fingerprint density at radius 1 is 1.20 bits per heavy atom. The number of likely N-dealkylation sites (tertiary alicyclic amines) is 1. The standard InChI is InChI=1S/C18H28N4O3/c1-20-7-5-15(6-8-20)21-9-11-22(12-10-21)17(18(23)24)14-3-4-16(25-2)19-13-14/h3-4,13,15,17H,5-12H2,1-2H3,(H,23,24). The predicted octanol–water partition coefficient (Wildman–Crippen LogP) is 0.928. The third-order valence-electron chi connectivity index (χ3n) is 5.44. The van der Waals surface area contributed by atoms with E-state index in [1.165, 1.54) is 12.8 Å². The van der Waals surface area contributed by atoms with Crippen LogP contribution in [-0.2, 0) is 4.79 Å². The van der Waals surface area contributed by atoms with Gasteiger partial charge in [-0.25, -0.2) is 4.98 Å². The number of aromatic nitrogens is 1. The second-order valence-corrected chi connectivity index (χ2v) is 6.98. The number of carboxylic acids is 1. The summed E-state index contributed by atoms with van der Waals surface area (Å²) in [7, 11) is 3.73. The summed E-state index contributed by atoms with van der Waals surface area (Å²) in [5.41, 5.74) is 0.709. The molecular formula is C18H28N4O3. The zero-order chi connectivity index (χ0) is 17.8. The van der Waals surface area contributed by atoms with Crippen LogP contribution < -0.4 is 4.74 Å². The van der Waals surface area contributed by atoms with Gasteiger partial charge in [0.05, 0.1) is 7.11 Å². The van der Waals surface area contributed by atoms with E-state index in [1.807, 2.05) is 0 Å². The third-order valence-corrected chi connectivity index (χ3v) is 5.44. The average molecular weight is 348 g/mol. The molecule has 138 valence electrons. The van der Waals surface area contributed by atoms with Gasteiger partial charge in [0, 0.05) is 44.5 Å². The third kappa shape index (κ3) is 4.29. The largest absolute Gasteiger partial charge is 0.481 e. The van der Waals surface area contributed by atoms with Crippen molar-refractivity contribution in [3.8, 4) is 5.88 Å². The summed E-state index contributed by atoms with van der Waals surface area (Å²) in [6.45, 7) is 5.72. The minimum Gasteiger partial charge on any atom is -0.481 e. The van der Waals surface area contributed by atoms with E-state index in [1.54, 1.807) is 25.4 Å². The van der Waals surface area contributed by atoms with Crippen molar-refractivity contribution in [2.75, 3.05) is 53.4 Å². The molecular weight excluding hydrogens is 320 g/mol. The minimum absolute atomic E-state index is 0.500. The number of hydrogen-bond acceptors (Lipinski definition) is 6. The summed E-state index contributed by atoms with van der Waals surface area (Å²) >= 11 is 0. The number of ether oxygens (including phenoxy) is 1. The Morgan fingerprint density at radius 2 is 1.88 bits per heavy atom. The molecule has 3 rings (SSSR count). The maximum Gasteiger partial charge on any atom is 0.325 e. The first kappa shape index (κ1) is 18.1. The molecule has 0 spiro atoms. The van der Waals surface area contributed by atoms with E-state index in [0.717, 1.165) is 39.3 Å². The van der Waals surface area contributed by atoms with E-state index >= 15 is 0 Å². The Morgan fingerprint density at radius 3 is 2.40 bits per heavy atom. The van der Waals surface area contributed by atoms with Crippen LogP contribution in [0, 0.1) is 0 Å². The number of nitrogens with zero attached hydrogens (tertiary/aromatic N) is 4. The van der Waals surface area contributed by atoms with E-state index in [2.05, 4.69) is 26.7 Å². The maximum absolute atomic E-state index is 11.9. The Bertz CT molecular complexity index is 564. The lowest BCUT2D eigenvalue weighted by Gasteiger charge is -2.43. The molecule has 2 saturated heterocycles. The van der Waals surface area contributed by atoms with Gasteiger partial charge in [-0.05, 0) is 44.6 Å². The second kappa shape index (κ2) is 8.12. The summed E-state index contributed by atoms with van der Waals surface area (Å²) in [5.74, 6) is -0.320. The van der Waals surface area contributed by atoms with Gasteiger partial charge >= 0.3 is 5.97 Å². The molecule has 25 heavy (non-hydrogen) atoms. The zero-order valence-electron chi connectivity index (χ0n) is 15.1. The van der Waals surface area contributed by atoms with E-state index in [-0.39, 0.29) is 0 Å². The fraction of sp³-hybridized carbons (Fsp3) is 0.667. The Kier molecular flexibility index (Phi) is 5.88. The summed E-state index contributed by atoms with van der Waals surface area (Å²) in [5, 5.41) is 9.73. The van der Waals surface area contributed by atoms with Gasteiger partial charge in [0.15, 0.2) is 0 Å². The molecule has 1 N–H and O–H groups in total. The fourth-order valence-corrected chi connectivity index (χ4v) is 3.90. The highest BCUT2D eigenvalue weighted by Gasteiger charge is 2.33. The van der Waals surface area contributed by atoms with E-state index in [0.29, 0.717) is 17.5 Å². The topological polar surface area (TPSA) is 69.1 Å². The van der Waals surface area contributed by atoms with Crippen LogP contribution in [0.25, 0.3) is 0 Å². The van der Waals surface area contributed by atoms with Crippen LogP contribution in [0.1, 0.15) is 24.4 Å². The zero-order valence-corrected chi connectivity index (χ0v) is 15.1. The molecule has 2 aliphatic rings. The Balaban J connectivity index is 1.61. The van der Waals surface area contributed by atoms with Gasteiger partial charge in [0.1, 0.15) is 6.04 Å². The summed E-state index contributed by atoms with van der Waals surface area (Å²) in [6.07, 6.45) is 4.03. The first-order valence-electron chi connectivity index (χ1n) is 8.98. The number of methoxy groups -OCH3 is 1. The molecule has 1 aromatic rings. The fourth-order valence-electron chi connectivity index (χ4n) is 3.90. The summed E-state index contributed by atoms with van der Waals surface area (Å²) in [4.78, 5) is 23.0. The summed E-state index contributed by atoms with van der Waals surface area (Å²) < 4.78 is 5.06. The van der Waals surface area contributed by atoms with Crippen LogP contribution in [0.3, 0.4) is 0 Å². The first-order valence-corrected chi connectivity index (χ1v) is 8.98. The molecule has 1 unspecified atom stereocenters. The molecule has 1 atom stereocenters. The van der Waals surface area contributed by atoms with E-state index in [9.17, 15) is 9.90 Å². The maximum atomic E-state index is 11.9. The monoisotopic (exact) mass is 348 g/mol. The number of rotatable bonds is 5. The highest BCUT2D eigenvalue weighted by molar-refractivity contribution is 5.75. The van der Waals surface area contributed by atoms with Gasteiger partial charge < -0.3 is 14.7 Å². The van der Waals surface area contributed by atoms with Crippen LogP contribution in [0.15, 0.2) is 18.3 Å². The smallest absolute Gasteiger partial charge is 0.325 e. The molecule has 3 heterocycles. The van der Waals surface area contributed by atoms with Crippen molar-refractivity contribution < 1.29 is 14.6 Å². The molecule has 2 aliphatic heterocycles. The number of pyridine rings is 1. The summed E-state index contributed by atoms with van der Waals surface area (Å²) in [6, 6.07) is 3.52. The molecule has 0 aromatic carbocycles. The van der Waals surface area contributed by atoms with Crippen LogP contribution in [0.4, 0.5) is 0 Å². The Labute approximate surface area is 149 Å². The van der Waals surface area contributed by atoms with Crippen molar-refractivity contribution in [1.29, 1.82) is 0 Å². The van der Waals surface area contributed by atoms with Crippen molar-refractivity contribution in [3.05, 3.63) is 23.9 Å². The van der Waals surface area contributed by atoms with Crippen molar-refractivity contribution in [2.24, 2.45) is 0 Å². The van der Waals surface area contributed by atoms with Crippen LogP contribution >= 0.6 is 0 Å². The second-order valence-electron chi connectivity index (χ2n) is 6.98. The normalized spacial score (nSPS) is 22.6. The molecule has 0 radical (unpaired) electrons. The van der Waals surface area contributed by atoms with Gasteiger partial charge in [-0.2, -0.15) is 0 Å². The number of aliphatic carboxylic acids is 1. The number of piperazine rings is 1. The molecule has 1 aromatic heterocycles. The van der Waals surface area contributed by atoms with Gasteiger partial charge in [0.25, 0.3) is 0 Å². The quantitative estimate of drug-likeness (QED) is 0.849. The molecule has 7 heteroatoms. The number of carboxylic acid groups (broad SMARTS) is 1. The molecule has 2 fully saturated rings.